The number of fused-ring (bicyclic) bond motifs is 1. The van der Waals surface area contributed by atoms with Crippen LogP contribution in [0.5, 0.6) is 0 Å². The Labute approximate surface area is 174 Å². The van der Waals surface area contributed by atoms with E-state index in [1.807, 2.05) is 12.1 Å². The van der Waals surface area contributed by atoms with E-state index >= 15 is 0 Å². The van der Waals surface area contributed by atoms with Crippen molar-refractivity contribution in [2.45, 2.75) is 31.2 Å². The molecule has 4 rings (SSSR count). The van der Waals surface area contributed by atoms with Crippen molar-refractivity contribution in [3.05, 3.63) is 64.6 Å². The van der Waals surface area contributed by atoms with Gasteiger partial charge in [0.25, 0.3) is 5.56 Å². The number of nitrogens with one attached hydrogen (secondary N) is 1. The highest BCUT2D eigenvalue weighted by atomic mass is 32.2. The van der Waals surface area contributed by atoms with E-state index in [4.69, 9.17) is 0 Å². The van der Waals surface area contributed by atoms with Crippen LogP contribution < -0.4 is 10.9 Å². The summed E-state index contributed by atoms with van der Waals surface area (Å²) in [7, 11) is -3.50. The molecule has 1 aromatic heterocycles. The number of hydrogen-bond acceptors (Lipinski definition) is 5. The lowest BCUT2D eigenvalue weighted by Crippen LogP contribution is -2.30. The Morgan fingerprint density at radius 2 is 1.67 bits per heavy atom. The molecule has 0 atom stereocenters. The third-order valence-electron chi connectivity index (χ3n) is 5.19. The maximum Gasteiger partial charge on any atom is 0.275 e. The van der Waals surface area contributed by atoms with Gasteiger partial charge in [-0.25, -0.2) is 13.1 Å². The van der Waals surface area contributed by atoms with Crippen LogP contribution in [0.15, 0.2) is 58.2 Å². The number of hydrogen-bond donors (Lipinski definition) is 1. The van der Waals surface area contributed by atoms with Crippen LogP contribution in [-0.2, 0) is 21.4 Å². The molecule has 2 aromatic carbocycles. The molecule has 0 unspecified atom stereocenters. The summed E-state index contributed by atoms with van der Waals surface area (Å²) in [5.41, 5.74) is 0.777. The molecule has 0 spiro atoms. The van der Waals surface area contributed by atoms with Gasteiger partial charge in [0, 0.05) is 24.2 Å². The first kappa shape index (κ1) is 20.2. The van der Waals surface area contributed by atoms with Gasteiger partial charge < -0.3 is 5.32 Å². The summed E-state index contributed by atoms with van der Waals surface area (Å²) in [6.45, 7) is 2.62. The molecule has 1 amide bonds. The largest absolute Gasteiger partial charge is 0.324 e. The van der Waals surface area contributed by atoms with Crippen molar-refractivity contribution in [3.63, 3.8) is 0 Å². The van der Waals surface area contributed by atoms with Gasteiger partial charge in [-0.1, -0.05) is 18.2 Å². The molecule has 1 N–H and O–H groups in total. The van der Waals surface area contributed by atoms with E-state index in [1.54, 1.807) is 31.2 Å². The second-order valence-electron chi connectivity index (χ2n) is 7.28. The fourth-order valence-corrected chi connectivity index (χ4v) is 5.15. The number of aryl methyl sites for hydroxylation is 1. The smallest absolute Gasteiger partial charge is 0.275 e. The Bertz CT molecular complexity index is 1260. The minimum absolute atomic E-state index is 0.199. The first-order chi connectivity index (χ1) is 14.4. The quantitative estimate of drug-likeness (QED) is 0.673. The molecular weight excluding hydrogens is 404 g/mol. The number of nitrogens with zero attached hydrogens (tertiary/aromatic N) is 3. The average Bonchev–Trinajstić information content (AvgIpc) is 3.28. The van der Waals surface area contributed by atoms with Crippen LogP contribution in [0.4, 0.5) is 5.69 Å². The summed E-state index contributed by atoms with van der Waals surface area (Å²) in [5, 5.41) is 8.18. The lowest BCUT2D eigenvalue weighted by Gasteiger charge is -2.15. The lowest BCUT2D eigenvalue weighted by atomic mass is 10.1. The highest BCUT2D eigenvalue weighted by Gasteiger charge is 2.26. The molecule has 1 saturated heterocycles. The van der Waals surface area contributed by atoms with Crippen molar-refractivity contribution in [3.8, 4) is 0 Å². The van der Waals surface area contributed by atoms with Crippen molar-refractivity contribution in [1.82, 2.24) is 14.1 Å². The molecule has 9 heteroatoms. The van der Waals surface area contributed by atoms with Gasteiger partial charge in [0.05, 0.1) is 16.0 Å². The summed E-state index contributed by atoms with van der Waals surface area (Å²) in [4.78, 5) is 25.2. The Hall–Kier alpha value is -3.04. The Balaban J connectivity index is 1.49. The van der Waals surface area contributed by atoms with Crippen molar-refractivity contribution < 1.29 is 13.2 Å². The minimum atomic E-state index is -3.50. The zero-order valence-corrected chi connectivity index (χ0v) is 17.4. The molecule has 1 aliphatic heterocycles. The first-order valence-electron chi connectivity index (χ1n) is 9.73. The van der Waals surface area contributed by atoms with Gasteiger partial charge in [0.2, 0.25) is 15.9 Å². The van der Waals surface area contributed by atoms with Crippen LogP contribution in [0.3, 0.4) is 0 Å². The maximum absolute atomic E-state index is 12.6. The predicted molar refractivity (Wildman–Crippen MR) is 114 cm³/mol. The fourth-order valence-electron chi connectivity index (χ4n) is 3.64. The topological polar surface area (TPSA) is 101 Å². The van der Waals surface area contributed by atoms with Crippen molar-refractivity contribution >= 4 is 32.4 Å². The highest BCUT2D eigenvalue weighted by molar-refractivity contribution is 7.89. The second kappa shape index (κ2) is 8.00. The number of carbonyl (C=O) groups excluding carboxylic acids is 1. The normalized spacial score (nSPS) is 14.8. The lowest BCUT2D eigenvalue weighted by molar-refractivity contribution is -0.117. The van der Waals surface area contributed by atoms with Crippen LogP contribution in [0.1, 0.15) is 18.5 Å². The van der Waals surface area contributed by atoms with E-state index < -0.39 is 15.9 Å². The van der Waals surface area contributed by atoms with Crippen LogP contribution in [0.25, 0.3) is 10.8 Å². The first-order valence-corrected chi connectivity index (χ1v) is 11.2. The third-order valence-corrected chi connectivity index (χ3v) is 7.10. The molecule has 1 fully saturated rings. The summed E-state index contributed by atoms with van der Waals surface area (Å²) in [5.74, 6) is -0.422. The van der Waals surface area contributed by atoms with Gasteiger partial charge in [-0.3, -0.25) is 9.59 Å². The average molecular weight is 426 g/mol. The van der Waals surface area contributed by atoms with Gasteiger partial charge >= 0.3 is 0 Å². The van der Waals surface area contributed by atoms with Gasteiger partial charge in [-0.05, 0) is 50.1 Å². The van der Waals surface area contributed by atoms with E-state index in [-0.39, 0.29) is 17.0 Å². The van der Waals surface area contributed by atoms with E-state index in [2.05, 4.69) is 10.4 Å². The Morgan fingerprint density at radius 1 is 1.03 bits per heavy atom. The number of anilines is 1. The number of benzene rings is 2. The number of rotatable bonds is 5. The monoisotopic (exact) mass is 426 g/mol. The van der Waals surface area contributed by atoms with Crippen molar-refractivity contribution in [2.24, 2.45) is 0 Å². The molecule has 2 heterocycles. The van der Waals surface area contributed by atoms with E-state index in [0.717, 1.165) is 22.9 Å². The van der Waals surface area contributed by atoms with Gasteiger partial charge in [-0.15, -0.1) is 0 Å². The second-order valence-corrected chi connectivity index (χ2v) is 9.22. The molecule has 0 bridgehead atoms. The van der Waals surface area contributed by atoms with Gasteiger partial charge in [0.1, 0.15) is 6.54 Å². The number of carbonyl (C=O) groups is 1. The minimum Gasteiger partial charge on any atom is -0.324 e. The molecule has 0 saturated carbocycles. The van der Waals surface area contributed by atoms with E-state index in [0.29, 0.717) is 29.9 Å². The Morgan fingerprint density at radius 3 is 2.33 bits per heavy atom. The van der Waals surface area contributed by atoms with Crippen LogP contribution in [0.2, 0.25) is 0 Å². The summed E-state index contributed by atoms with van der Waals surface area (Å²) < 4.78 is 27.8. The highest BCUT2D eigenvalue weighted by Crippen LogP contribution is 2.22. The van der Waals surface area contributed by atoms with Crippen LogP contribution in [0, 0.1) is 6.92 Å². The van der Waals surface area contributed by atoms with Gasteiger partial charge in [-0.2, -0.15) is 9.40 Å². The number of aromatic nitrogens is 2. The molecule has 3 aromatic rings. The van der Waals surface area contributed by atoms with Crippen LogP contribution >= 0.6 is 0 Å². The summed E-state index contributed by atoms with van der Waals surface area (Å²) in [6, 6.07) is 13.2. The van der Waals surface area contributed by atoms with Crippen molar-refractivity contribution in [2.75, 3.05) is 18.4 Å². The molecule has 30 heavy (non-hydrogen) atoms. The summed E-state index contributed by atoms with van der Waals surface area (Å²) >= 11 is 0. The molecular formula is C21H22N4O4S. The van der Waals surface area contributed by atoms with Gasteiger partial charge in [0.15, 0.2) is 0 Å². The van der Waals surface area contributed by atoms with E-state index in [9.17, 15) is 18.0 Å². The molecule has 0 aliphatic carbocycles. The Kier molecular flexibility index (Phi) is 5.40. The fraction of sp³-hybridized carbons (Fsp3) is 0.286. The maximum atomic E-state index is 12.6. The summed E-state index contributed by atoms with van der Waals surface area (Å²) in [6.07, 6.45) is 1.74. The zero-order valence-electron chi connectivity index (χ0n) is 16.5. The number of sulfonamides is 1. The molecule has 156 valence electrons. The zero-order chi connectivity index (χ0) is 21.3. The molecule has 8 nitrogen and oxygen atoms in total. The standard InChI is InChI=1S/C21H22N4O4S/c1-15-18-6-2-3-7-19(18)21(27)25(23-15)14-20(26)22-16-8-10-17(11-9-16)30(28,29)24-12-4-5-13-24/h2-3,6-11H,4-5,12-14H2,1H3,(H,22,26). The van der Waals surface area contributed by atoms with Crippen LogP contribution in [-0.4, -0.2) is 41.5 Å². The van der Waals surface area contributed by atoms with E-state index in [1.165, 1.54) is 16.4 Å². The van der Waals surface area contributed by atoms with Crippen molar-refractivity contribution in [1.29, 1.82) is 0 Å². The third kappa shape index (κ3) is 3.86. The predicted octanol–water partition coefficient (Wildman–Crippen LogP) is 2.13. The molecule has 0 radical (unpaired) electrons. The SMILES string of the molecule is Cc1nn(CC(=O)Nc2ccc(S(=O)(=O)N3CCCC3)cc2)c(=O)c2ccccc12. The molecule has 1 aliphatic rings. The number of amides is 1.